The zero-order valence-electron chi connectivity index (χ0n) is 24.2. The fraction of sp³-hybridized carbons (Fsp3) is 0.964. The molecule has 0 unspecified atom stereocenters. The number of ketones is 1. The first-order chi connectivity index (χ1) is 18.2. The van der Waals surface area contributed by atoms with Crippen molar-refractivity contribution in [3.63, 3.8) is 0 Å². The van der Waals surface area contributed by atoms with Gasteiger partial charge in [-0.1, -0.05) is 41.5 Å². The lowest BCUT2D eigenvalue weighted by molar-refractivity contribution is -0.317. The van der Waals surface area contributed by atoms with Crippen LogP contribution >= 0.6 is 0 Å². The van der Waals surface area contributed by atoms with Gasteiger partial charge in [-0.05, 0) is 66.6 Å². The number of hydrogen-bond acceptors (Lipinski definition) is 10. The number of rotatable bonds is 7. The van der Waals surface area contributed by atoms with Crippen molar-refractivity contribution in [2.75, 3.05) is 0 Å². The Labute approximate surface area is 236 Å². The Morgan fingerprint density at radius 3 is 2.17 bits per heavy atom. The highest BCUT2D eigenvalue weighted by Crippen LogP contribution is 2.68. The average Bonchev–Trinajstić information content (AvgIpc) is 3.13. The van der Waals surface area contributed by atoms with Crippen LogP contribution in [0.1, 0.15) is 73.6 Å². The summed E-state index contributed by atoms with van der Waals surface area (Å²) < 4.78 is 37.0. The van der Waals surface area contributed by atoms with Gasteiger partial charge in [0, 0.05) is 17.8 Å². The number of carbonyl (C=O) groups excluding carboxylic acids is 1. The van der Waals surface area contributed by atoms with Crippen molar-refractivity contribution in [3.05, 3.63) is 0 Å². The van der Waals surface area contributed by atoms with Crippen LogP contribution in [-0.2, 0) is 19.4 Å². The predicted octanol–water partition coefficient (Wildman–Crippen LogP) is 0.690. The Kier molecular flexibility index (Phi) is 8.44. The molecule has 4 aliphatic rings. The Hall–Kier alpha value is -0.700. The Bertz CT molecular complexity index is 1080. The van der Waals surface area contributed by atoms with E-state index in [-0.39, 0.29) is 48.7 Å². The van der Waals surface area contributed by atoms with Crippen LogP contribution in [0.5, 0.6) is 0 Å². The first kappa shape index (κ1) is 32.2. The average molecular weight is 593 g/mol. The van der Waals surface area contributed by atoms with Crippen LogP contribution in [0.4, 0.5) is 0 Å². The topological polar surface area (TPSA) is 202 Å². The van der Waals surface area contributed by atoms with Gasteiger partial charge >= 0.3 is 10.4 Å². The smallest absolute Gasteiger partial charge is 0.390 e. The Morgan fingerprint density at radius 2 is 1.62 bits per heavy atom. The van der Waals surface area contributed by atoms with Crippen LogP contribution in [-0.4, -0.2) is 91.6 Å². The second-order valence-corrected chi connectivity index (χ2v) is 15.3. The molecule has 0 radical (unpaired) electrons. The number of fused-ring (bicyclic) bond motifs is 5. The van der Waals surface area contributed by atoms with Gasteiger partial charge in [-0.2, -0.15) is 8.42 Å². The van der Waals surface area contributed by atoms with Gasteiger partial charge in [0.25, 0.3) is 0 Å². The predicted molar refractivity (Wildman–Crippen MR) is 143 cm³/mol. The molecule has 0 saturated heterocycles. The lowest BCUT2D eigenvalue weighted by Gasteiger charge is -2.66. The van der Waals surface area contributed by atoms with E-state index in [0.717, 1.165) is 0 Å². The summed E-state index contributed by atoms with van der Waals surface area (Å²) in [5.41, 5.74) is -4.12. The summed E-state index contributed by atoms with van der Waals surface area (Å²) in [5.74, 6) is -2.00. The van der Waals surface area contributed by atoms with Crippen LogP contribution < -0.4 is 0 Å². The van der Waals surface area contributed by atoms with Crippen LogP contribution in [0.2, 0.25) is 0 Å². The Balaban J connectivity index is 1.67. The highest BCUT2D eigenvalue weighted by molar-refractivity contribution is 7.80. The second kappa shape index (κ2) is 10.5. The first-order valence-corrected chi connectivity index (χ1v) is 15.9. The normalized spacial score (nSPS) is 48.6. The summed E-state index contributed by atoms with van der Waals surface area (Å²) in [6, 6.07) is 0. The zero-order chi connectivity index (χ0) is 30.3. The van der Waals surface area contributed by atoms with E-state index in [4.69, 9.17) is 4.18 Å². The van der Waals surface area contributed by atoms with E-state index >= 15 is 0 Å². The van der Waals surface area contributed by atoms with Gasteiger partial charge < -0.3 is 30.6 Å². The Morgan fingerprint density at radius 1 is 1.02 bits per heavy atom. The molecule has 0 spiro atoms. The molecule has 4 saturated carbocycles. The summed E-state index contributed by atoms with van der Waals surface area (Å²) in [7, 11) is -5.00. The molecule has 0 heterocycles. The minimum absolute atomic E-state index is 0.00693. The molecule has 232 valence electrons. The van der Waals surface area contributed by atoms with Crippen LogP contribution in [0, 0.1) is 52.3 Å². The standard InChI is InChI=1S/C28H48O11S/c1-12(2)13(3)22(31)23(32)14(4)17-10-18(29)21-15-9-20(30)28(35)25(34)24(33)19(39-40(36,37)38)11-27(28,6)16(15)7-8-26(17,21)5/h12-17,19-25,30-35H,7-11H2,1-6H3,(H,36,37,38)/t13-,14+,15-,16+,17-,19+,20-,21+,22-,23-,24-,25-,26-,27-,28-/m1/s1. The van der Waals surface area contributed by atoms with E-state index in [2.05, 4.69) is 0 Å². The molecular formula is C28H48O11S. The van der Waals surface area contributed by atoms with Crippen LogP contribution in [0.25, 0.3) is 0 Å². The molecule has 0 aromatic heterocycles. The highest BCUT2D eigenvalue weighted by atomic mass is 32.3. The largest absolute Gasteiger partial charge is 0.397 e. The van der Waals surface area contributed by atoms with Crippen molar-refractivity contribution in [1.29, 1.82) is 0 Å². The van der Waals surface area contributed by atoms with Crippen molar-refractivity contribution in [2.24, 2.45) is 52.3 Å². The molecule has 40 heavy (non-hydrogen) atoms. The van der Waals surface area contributed by atoms with Gasteiger partial charge in [-0.25, -0.2) is 4.18 Å². The van der Waals surface area contributed by atoms with E-state index < -0.39 is 81.2 Å². The molecule has 15 atom stereocenters. The van der Waals surface area contributed by atoms with E-state index in [1.165, 1.54) is 0 Å². The first-order valence-electron chi connectivity index (χ1n) is 14.5. The van der Waals surface area contributed by atoms with Gasteiger partial charge in [0.2, 0.25) is 0 Å². The van der Waals surface area contributed by atoms with Gasteiger partial charge in [0.05, 0.1) is 18.3 Å². The quantitative estimate of drug-likeness (QED) is 0.205. The maximum atomic E-state index is 13.7. The van der Waals surface area contributed by atoms with E-state index in [9.17, 15) is 48.4 Å². The molecule has 4 rings (SSSR count). The van der Waals surface area contributed by atoms with Gasteiger partial charge in [0.15, 0.2) is 0 Å². The van der Waals surface area contributed by atoms with Gasteiger partial charge in [-0.15, -0.1) is 0 Å². The number of aliphatic hydroxyl groups excluding tert-OH is 5. The molecule has 7 N–H and O–H groups in total. The second-order valence-electron chi connectivity index (χ2n) is 14.2. The lowest BCUT2D eigenvalue weighted by atomic mass is 9.41. The SMILES string of the molecule is CC(C)[C@@H](C)[C@@H](O)[C@H](O)[C@@H](C)[C@H]1CC(=O)[C@@H]2[C@@H]3C[C@@H](O)[C@@]4(O)[C@H](O)[C@H](O)[C@@H](OS(=O)(=O)O)C[C@]4(C)[C@H]3CC[C@]12C. The van der Waals surface area contributed by atoms with Crippen molar-refractivity contribution in [1.82, 2.24) is 0 Å². The molecule has 4 fully saturated rings. The van der Waals surface area contributed by atoms with Crippen molar-refractivity contribution in [2.45, 2.75) is 116 Å². The molecular weight excluding hydrogens is 544 g/mol. The zero-order valence-corrected chi connectivity index (χ0v) is 25.0. The summed E-state index contributed by atoms with van der Waals surface area (Å²) >= 11 is 0. The maximum Gasteiger partial charge on any atom is 0.397 e. The summed E-state index contributed by atoms with van der Waals surface area (Å²) in [5, 5.41) is 66.7. The third-order valence-corrected chi connectivity index (χ3v) is 12.6. The van der Waals surface area contributed by atoms with Gasteiger partial charge in [-0.3, -0.25) is 9.35 Å². The number of hydrogen-bond donors (Lipinski definition) is 7. The highest BCUT2D eigenvalue weighted by Gasteiger charge is 2.73. The van der Waals surface area contributed by atoms with Crippen molar-refractivity contribution < 1.29 is 52.6 Å². The number of Topliss-reactive ketones (excluding diaryl/α,β-unsaturated/α-hetero) is 1. The fourth-order valence-electron chi connectivity index (χ4n) is 9.50. The minimum atomic E-state index is -5.00. The molecule has 0 aromatic carbocycles. The fourth-order valence-corrected chi connectivity index (χ4v) is 10.00. The summed E-state index contributed by atoms with van der Waals surface area (Å²) in [4.78, 5) is 13.7. The van der Waals surface area contributed by atoms with Gasteiger partial charge in [0.1, 0.15) is 29.7 Å². The van der Waals surface area contributed by atoms with E-state index in [0.29, 0.717) is 12.8 Å². The molecule has 0 amide bonds. The third-order valence-electron chi connectivity index (χ3n) is 12.1. The molecule has 11 nitrogen and oxygen atoms in total. The number of aliphatic hydroxyl groups is 6. The monoisotopic (exact) mass is 592 g/mol. The molecule has 0 aliphatic heterocycles. The number of carbonyl (C=O) groups is 1. The molecule has 0 bridgehead atoms. The van der Waals surface area contributed by atoms with Crippen molar-refractivity contribution >= 4 is 16.2 Å². The van der Waals surface area contributed by atoms with Crippen LogP contribution in [0.3, 0.4) is 0 Å². The van der Waals surface area contributed by atoms with E-state index in [1.807, 2.05) is 34.6 Å². The van der Waals surface area contributed by atoms with E-state index in [1.54, 1.807) is 6.92 Å². The molecule has 4 aliphatic carbocycles. The lowest BCUT2D eigenvalue weighted by Crippen LogP contribution is -2.77. The molecule has 0 aromatic rings. The van der Waals surface area contributed by atoms with Crippen molar-refractivity contribution in [3.8, 4) is 0 Å². The minimum Gasteiger partial charge on any atom is -0.390 e. The summed E-state index contributed by atoms with van der Waals surface area (Å²) in [6.07, 6.45) is -8.01. The van der Waals surface area contributed by atoms with Crippen LogP contribution in [0.15, 0.2) is 0 Å². The summed E-state index contributed by atoms with van der Waals surface area (Å²) in [6.45, 7) is 11.3. The third kappa shape index (κ3) is 4.70. The molecule has 12 heteroatoms. The maximum absolute atomic E-state index is 13.7.